The second-order valence-corrected chi connectivity index (χ2v) is 8.09. The lowest BCUT2D eigenvalue weighted by molar-refractivity contribution is -0.117. The Hall–Kier alpha value is -3.03. The first-order valence-electron chi connectivity index (χ1n) is 9.02. The summed E-state index contributed by atoms with van der Waals surface area (Å²) in [5.41, 5.74) is 6.19. The van der Waals surface area contributed by atoms with Crippen LogP contribution in [0.25, 0.3) is 0 Å². The first kappa shape index (κ1) is 19.3. The van der Waals surface area contributed by atoms with Crippen LogP contribution in [0.1, 0.15) is 15.2 Å². The summed E-state index contributed by atoms with van der Waals surface area (Å²) in [6.07, 6.45) is 0. The maximum Gasteiger partial charge on any atom is 0.251 e. The van der Waals surface area contributed by atoms with Gasteiger partial charge >= 0.3 is 0 Å². The van der Waals surface area contributed by atoms with Gasteiger partial charge in [-0.1, -0.05) is 17.7 Å². The molecule has 4 rings (SSSR count). The highest BCUT2D eigenvalue weighted by molar-refractivity contribution is 7.09. The number of amides is 2. The van der Waals surface area contributed by atoms with Crippen molar-refractivity contribution in [1.82, 2.24) is 5.32 Å². The van der Waals surface area contributed by atoms with E-state index in [9.17, 15) is 9.59 Å². The second kappa shape index (κ2) is 8.14. The van der Waals surface area contributed by atoms with Gasteiger partial charge < -0.3 is 10.2 Å². The number of nitrogens with zero attached hydrogens (tertiary/aromatic N) is 2. The van der Waals surface area contributed by atoms with Crippen molar-refractivity contribution in [1.29, 1.82) is 0 Å². The average molecular weight is 427 g/mol. The van der Waals surface area contributed by atoms with Gasteiger partial charge in [0.15, 0.2) is 0 Å². The standard InChI is InChI=1S/C21H19ClN4O2S/c1-25-19-11-15(22)6-9-18(19)26(13-20(25)27)24-16-7-4-14(5-8-16)21(28)23-12-17-3-2-10-29-17/h2-11,24H,12-13H2,1H3,(H,23,28). The molecule has 2 heterocycles. The van der Waals surface area contributed by atoms with E-state index in [2.05, 4.69) is 10.7 Å². The molecule has 8 heteroatoms. The van der Waals surface area contributed by atoms with Crippen molar-refractivity contribution >= 4 is 51.8 Å². The molecule has 148 valence electrons. The lowest BCUT2D eigenvalue weighted by Crippen LogP contribution is -2.46. The second-order valence-electron chi connectivity index (χ2n) is 6.62. The molecule has 6 nitrogen and oxygen atoms in total. The molecule has 2 amide bonds. The third-order valence-electron chi connectivity index (χ3n) is 4.67. The number of benzene rings is 2. The Labute approximate surface area is 177 Å². The van der Waals surface area contributed by atoms with Crippen molar-refractivity contribution in [3.05, 3.63) is 75.4 Å². The van der Waals surface area contributed by atoms with Gasteiger partial charge in [0.25, 0.3) is 5.91 Å². The van der Waals surface area contributed by atoms with Gasteiger partial charge in [-0.25, -0.2) is 0 Å². The molecule has 0 saturated carbocycles. The molecule has 3 aromatic rings. The Bertz CT molecular complexity index is 1040. The fraction of sp³-hybridized carbons (Fsp3) is 0.143. The Morgan fingerprint density at radius 2 is 1.93 bits per heavy atom. The average Bonchev–Trinajstić information content (AvgIpc) is 3.24. The molecule has 1 aromatic heterocycles. The maximum absolute atomic E-state index is 12.3. The number of hydrogen-bond donors (Lipinski definition) is 2. The molecule has 0 aliphatic carbocycles. The zero-order valence-corrected chi connectivity index (χ0v) is 17.3. The summed E-state index contributed by atoms with van der Waals surface area (Å²) < 4.78 is 0. The van der Waals surface area contributed by atoms with Gasteiger partial charge in [0.05, 0.1) is 23.6 Å². The topological polar surface area (TPSA) is 64.7 Å². The number of carbonyl (C=O) groups is 2. The summed E-state index contributed by atoms with van der Waals surface area (Å²) in [7, 11) is 1.73. The minimum absolute atomic E-state index is 0.0446. The zero-order valence-electron chi connectivity index (χ0n) is 15.7. The first-order chi connectivity index (χ1) is 14.0. The molecule has 1 aliphatic heterocycles. The van der Waals surface area contributed by atoms with Gasteiger partial charge in [-0.05, 0) is 53.9 Å². The number of rotatable bonds is 5. The van der Waals surface area contributed by atoms with Gasteiger partial charge in [-0.2, -0.15) is 0 Å². The molecule has 0 spiro atoms. The van der Waals surface area contributed by atoms with Crippen LogP contribution in [0.2, 0.25) is 5.02 Å². The van der Waals surface area contributed by atoms with Gasteiger partial charge in [-0.3, -0.25) is 20.0 Å². The molecule has 0 fully saturated rings. The minimum Gasteiger partial charge on any atom is -0.347 e. The molecule has 1 aliphatic rings. The first-order valence-corrected chi connectivity index (χ1v) is 10.3. The Morgan fingerprint density at radius 1 is 1.14 bits per heavy atom. The Balaban J connectivity index is 1.45. The molecule has 0 unspecified atom stereocenters. The van der Waals surface area contributed by atoms with Crippen molar-refractivity contribution in [2.45, 2.75) is 6.54 Å². The monoisotopic (exact) mass is 426 g/mol. The van der Waals surface area contributed by atoms with Crippen LogP contribution in [0, 0.1) is 0 Å². The predicted octanol–water partition coefficient (Wildman–Crippen LogP) is 4.14. The van der Waals surface area contributed by atoms with Crippen LogP contribution in [0.5, 0.6) is 0 Å². The van der Waals surface area contributed by atoms with E-state index in [1.807, 2.05) is 35.7 Å². The number of halogens is 1. The van der Waals surface area contributed by atoms with Crippen molar-refractivity contribution in [3.8, 4) is 0 Å². The lowest BCUT2D eigenvalue weighted by atomic mass is 10.2. The molecule has 0 bridgehead atoms. The molecule has 2 aromatic carbocycles. The van der Waals surface area contributed by atoms with Crippen LogP contribution in [-0.4, -0.2) is 25.4 Å². The number of nitrogens with one attached hydrogen (secondary N) is 2. The quantitative estimate of drug-likeness (QED) is 0.643. The van der Waals surface area contributed by atoms with E-state index in [0.717, 1.165) is 21.9 Å². The number of anilines is 3. The normalized spacial score (nSPS) is 13.2. The zero-order chi connectivity index (χ0) is 20.4. The molecule has 0 radical (unpaired) electrons. The number of likely N-dealkylation sites (N-methyl/N-ethyl adjacent to an activating group) is 1. The van der Waals surface area contributed by atoms with E-state index in [-0.39, 0.29) is 18.4 Å². The smallest absolute Gasteiger partial charge is 0.251 e. The molecule has 29 heavy (non-hydrogen) atoms. The molecular formula is C21H19ClN4O2S. The van der Waals surface area contributed by atoms with E-state index in [1.165, 1.54) is 0 Å². The Kier molecular flexibility index (Phi) is 5.42. The van der Waals surface area contributed by atoms with Crippen LogP contribution in [0.3, 0.4) is 0 Å². The summed E-state index contributed by atoms with van der Waals surface area (Å²) >= 11 is 7.70. The molecule has 0 saturated heterocycles. The largest absolute Gasteiger partial charge is 0.347 e. The van der Waals surface area contributed by atoms with Crippen LogP contribution in [-0.2, 0) is 11.3 Å². The van der Waals surface area contributed by atoms with Gasteiger partial charge in [0, 0.05) is 22.5 Å². The van der Waals surface area contributed by atoms with Gasteiger partial charge in [-0.15, -0.1) is 11.3 Å². The fourth-order valence-corrected chi connectivity index (χ4v) is 3.90. The minimum atomic E-state index is -0.125. The summed E-state index contributed by atoms with van der Waals surface area (Å²) in [6, 6.07) is 16.5. The van der Waals surface area contributed by atoms with E-state index in [4.69, 9.17) is 11.6 Å². The van der Waals surface area contributed by atoms with Crippen LogP contribution < -0.4 is 20.7 Å². The van der Waals surface area contributed by atoms with E-state index in [0.29, 0.717) is 17.1 Å². The SMILES string of the molecule is CN1C(=O)CN(Nc2ccc(C(=O)NCc3cccs3)cc2)c2ccc(Cl)cc21. The van der Waals surface area contributed by atoms with E-state index < -0.39 is 0 Å². The predicted molar refractivity (Wildman–Crippen MR) is 118 cm³/mol. The number of fused-ring (bicyclic) bond motifs is 1. The lowest BCUT2D eigenvalue weighted by Gasteiger charge is -2.36. The van der Waals surface area contributed by atoms with Crippen LogP contribution in [0.15, 0.2) is 60.0 Å². The summed E-state index contributed by atoms with van der Waals surface area (Å²) in [5.74, 6) is -0.170. The third kappa shape index (κ3) is 4.21. The molecule has 0 atom stereocenters. The van der Waals surface area contributed by atoms with Crippen molar-refractivity contribution < 1.29 is 9.59 Å². The number of carbonyl (C=O) groups excluding carboxylic acids is 2. The highest BCUT2D eigenvalue weighted by Crippen LogP contribution is 2.35. The van der Waals surface area contributed by atoms with Crippen molar-refractivity contribution in [2.24, 2.45) is 0 Å². The summed E-state index contributed by atoms with van der Waals surface area (Å²) in [4.78, 5) is 27.4. The highest BCUT2D eigenvalue weighted by Gasteiger charge is 2.27. The Morgan fingerprint density at radius 3 is 2.66 bits per heavy atom. The highest BCUT2D eigenvalue weighted by atomic mass is 35.5. The van der Waals surface area contributed by atoms with Crippen LogP contribution >= 0.6 is 22.9 Å². The third-order valence-corrected chi connectivity index (χ3v) is 5.78. The van der Waals surface area contributed by atoms with Gasteiger partial charge in [0.2, 0.25) is 5.91 Å². The molecule has 2 N–H and O–H groups in total. The summed E-state index contributed by atoms with van der Waals surface area (Å²) in [6.45, 7) is 0.702. The summed E-state index contributed by atoms with van der Waals surface area (Å²) in [5, 5.41) is 7.24. The van der Waals surface area contributed by atoms with Gasteiger partial charge in [0.1, 0.15) is 6.54 Å². The van der Waals surface area contributed by atoms with Crippen molar-refractivity contribution in [2.75, 3.05) is 28.9 Å². The van der Waals surface area contributed by atoms with Crippen molar-refractivity contribution in [3.63, 3.8) is 0 Å². The number of hydrazine groups is 1. The maximum atomic E-state index is 12.3. The fourth-order valence-electron chi connectivity index (χ4n) is 3.09. The van der Waals surface area contributed by atoms with Crippen LogP contribution in [0.4, 0.5) is 17.1 Å². The number of hydrogen-bond acceptors (Lipinski definition) is 5. The molecular weight excluding hydrogens is 408 g/mol. The number of thiophene rings is 1. The van der Waals surface area contributed by atoms with E-state index >= 15 is 0 Å². The van der Waals surface area contributed by atoms with E-state index in [1.54, 1.807) is 52.6 Å².